The molecule has 236 valence electrons. The summed E-state index contributed by atoms with van der Waals surface area (Å²) in [5, 5.41) is 23.2. The van der Waals surface area contributed by atoms with Crippen LogP contribution in [0.4, 0.5) is 4.79 Å². The van der Waals surface area contributed by atoms with Gasteiger partial charge in [0.15, 0.2) is 0 Å². The van der Waals surface area contributed by atoms with Gasteiger partial charge in [-0.15, -0.1) is 0 Å². The number of fused-ring (bicyclic) bond motifs is 12. The molecule has 2 unspecified atom stereocenters. The Morgan fingerprint density at radius 3 is 2.44 bits per heavy atom. The molecule has 0 aromatic heterocycles. The summed E-state index contributed by atoms with van der Waals surface area (Å²) in [7, 11) is 0. The zero-order chi connectivity index (χ0) is 31.4. The lowest BCUT2D eigenvalue weighted by atomic mass is 9.96. The number of carbonyl (C=O) groups excluding carboxylic acids is 3. The van der Waals surface area contributed by atoms with Gasteiger partial charge in [0.25, 0.3) is 0 Å². The smallest absolute Gasteiger partial charge is 0.407 e. The molecule has 4 rings (SSSR count). The fraction of sp³-hybridized carbons (Fsp3) is 0.545. The van der Waals surface area contributed by atoms with E-state index < -0.39 is 35.9 Å². The van der Waals surface area contributed by atoms with Gasteiger partial charge in [-0.3, -0.25) is 9.59 Å². The molecule has 0 radical (unpaired) electrons. The predicted molar refractivity (Wildman–Crippen MR) is 166 cm³/mol. The van der Waals surface area contributed by atoms with Crippen molar-refractivity contribution in [1.82, 2.24) is 21.3 Å². The van der Waals surface area contributed by atoms with E-state index >= 15 is 0 Å². The van der Waals surface area contributed by atoms with Gasteiger partial charge in [0.2, 0.25) is 11.8 Å². The minimum Gasteiger partial charge on any atom is -0.494 e. The Labute approximate surface area is 255 Å². The molecule has 3 amide bonds. The number of benzene rings is 2. The molecule has 10 heteroatoms. The van der Waals surface area contributed by atoms with Crippen molar-refractivity contribution in [2.24, 2.45) is 5.92 Å². The van der Waals surface area contributed by atoms with E-state index in [0.717, 1.165) is 11.1 Å². The summed E-state index contributed by atoms with van der Waals surface area (Å²) >= 11 is 0. The average Bonchev–Trinajstić information content (AvgIpc) is 2.97. The first-order valence-electron chi connectivity index (χ1n) is 15.2. The van der Waals surface area contributed by atoms with Gasteiger partial charge in [-0.1, -0.05) is 62.7 Å². The number of carbonyl (C=O) groups is 3. The van der Waals surface area contributed by atoms with Crippen molar-refractivity contribution in [2.45, 2.75) is 90.1 Å². The lowest BCUT2D eigenvalue weighted by Gasteiger charge is -2.29. The van der Waals surface area contributed by atoms with Crippen LogP contribution in [-0.4, -0.2) is 72.5 Å². The molecule has 0 spiro atoms. The normalized spacial score (nSPS) is 20.3. The van der Waals surface area contributed by atoms with E-state index in [0.29, 0.717) is 44.6 Å². The third-order valence-electron chi connectivity index (χ3n) is 7.40. The molecule has 5 N–H and O–H groups in total. The standard InChI is InChI=1S/C33H48N4O6/c1-6-22(2)29-31(40)34-17-10-18-42-25-15-13-24(14-16-25)20-27(30(39)37-29)35-21-28(38)26(19-23-11-8-7-9-12-23)36-32(41)43-33(3,4)5/h7-9,11-16,22,26-29,35,38H,6,10,17-21H2,1-5H3,(H,34,40)(H,36,41)(H,37,39)/t22?,26-,27-,28?,29-/m0/s1. The summed E-state index contributed by atoms with van der Waals surface area (Å²) in [6.45, 7) is 10.1. The van der Waals surface area contributed by atoms with Gasteiger partial charge in [-0.2, -0.15) is 0 Å². The molecule has 2 aliphatic heterocycles. The third kappa shape index (κ3) is 11.5. The highest BCUT2D eigenvalue weighted by Crippen LogP contribution is 2.16. The molecule has 0 aliphatic carbocycles. The molecule has 10 nitrogen and oxygen atoms in total. The van der Waals surface area contributed by atoms with Crippen LogP contribution in [-0.2, 0) is 27.2 Å². The highest BCUT2D eigenvalue weighted by molar-refractivity contribution is 5.90. The zero-order valence-electron chi connectivity index (χ0n) is 26.0. The van der Waals surface area contributed by atoms with Gasteiger partial charge in [-0.25, -0.2) is 4.79 Å². The molecule has 5 atom stereocenters. The van der Waals surface area contributed by atoms with Gasteiger partial charge in [0, 0.05) is 13.1 Å². The summed E-state index contributed by atoms with van der Waals surface area (Å²) in [5.41, 5.74) is 1.12. The summed E-state index contributed by atoms with van der Waals surface area (Å²) in [6.07, 6.45) is 0.328. The molecule has 0 fully saturated rings. The van der Waals surface area contributed by atoms with E-state index in [1.54, 1.807) is 20.8 Å². The summed E-state index contributed by atoms with van der Waals surface area (Å²) < 4.78 is 11.2. The molecule has 2 aromatic rings. The van der Waals surface area contributed by atoms with Crippen molar-refractivity contribution in [2.75, 3.05) is 19.7 Å². The van der Waals surface area contributed by atoms with Crippen LogP contribution >= 0.6 is 0 Å². The van der Waals surface area contributed by atoms with Crippen LogP contribution in [0.25, 0.3) is 0 Å². The summed E-state index contributed by atoms with van der Waals surface area (Å²) in [6, 6.07) is 14.9. The van der Waals surface area contributed by atoms with Crippen molar-refractivity contribution < 1.29 is 29.0 Å². The van der Waals surface area contributed by atoms with Crippen molar-refractivity contribution in [1.29, 1.82) is 0 Å². The highest BCUT2D eigenvalue weighted by atomic mass is 16.6. The number of rotatable bonds is 9. The molecule has 0 saturated heterocycles. The molecule has 2 aliphatic rings. The van der Waals surface area contributed by atoms with Gasteiger partial charge in [0.1, 0.15) is 17.4 Å². The fourth-order valence-corrected chi connectivity index (χ4v) is 4.77. The minimum absolute atomic E-state index is 0.00672. The Balaban J connectivity index is 1.81. The molecular weight excluding hydrogens is 548 g/mol. The van der Waals surface area contributed by atoms with E-state index in [-0.39, 0.29) is 24.3 Å². The van der Waals surface area contributed by atoms with Crippen LogP contribution in [0.3, 0.4) is 0 Å². The Morgan fingerprint density at radius 1 is 1.09 bits per heavy atom. The lowest BCUT2D eigenvalue weighted by Crippen LogP contribution is -2.57. The summed E-state index contributed by atoms with van der Waals surface area (Å²) in [5.74, 6) is 0.0426. The second kappa shape index (κ2) is 16.3. The van der Waals surface area contributed by atoms with Crippen LogP contribution < -0.4 is 26.0 Å². The van der Waals surface area contributed by atoms with E-state index in [1.165, 1.54) is 0 Å². The van der Waals surface area contributed by atoms with Crippen molar-refractivity contribution in [3.05, 3.63) is 65.7 Å². The molecule has 2 bridgehead atoms. The number of amides is 3. The number of ether oxygens (including phenoxy) is 2. The van der Waals surface area contributed by atoms with Crippen molar-refractivity contribution >= 4 is 17.9 Å². The quantitative estimate of drug-likeness (QED) is 0.300. The average molecular weight is 597 g/mol. The monoisotopic (exact) mass is 596 g/mol. The predicted octanol–water partition coefficient (Wildman–Crippen LogP) is 3.11. The Bertz CT molecular complexity index is 1170. The van der Waals surface area contributed by atoms with Crippen molar-refractivity contribution in [3.8, 4) is 5.75 Å². The zero-order valence-corrected chi connectivity index (χ0v) is 26.0. The Morgan fingerprint density at radius 2 is 1.79 bits per heavy atom. The van der Waals surface area contributed by atoms with Crippen LogP contribution in [0.1, 0.15) is 58.6 Å². The van der Waals surface area contributed by atoms with Crippen LogP contribution in [0.2, 0.25) is 0 Å². The number of alkyl carbamates (subject to hydrolysis) is 1. The van der Waals surface area contributed by atoms with Gasteiger partial charge in [-0.05, 0) is 69.2 Å². The van der Waals surface area contributed by atoms with Crippen LogP contribution in [0.15, 0.2) is 54.6 Å². The Hall–Kier alpha value is -3.63. The maximum Gasteiger partial charge on any atom is 0.407 e. The highest BCUT2D eigenvalue weighted by Gasteiger charge is 2.31. The number of aliphatic hydroxyl groups is 1. The van der Waals surface area contributed by atoms with Crippen LogP contribution in [0, 0.1) is 5.92 Å². The second-order valence-electron chi connectivity index (χ2n) is 12.2. The molecule has 0 saturated carbocycles. The molecular formula is C33H48N4O6. The van der Waals surface area contributed by atoms with Gasteiger partial charge < -0.3 is 35.8 Å². The first kappa shape index (κ1) is 33.9. The fourth-order valence-electron chi connectivity index (χ4n) is 4.77. The third-order valence-corrected chi connectivity index (χ3v) is 7.40. The van der Waals surface area contributed by atoms with Crippen molar-refractivity contribution in [3.63, 3.8) is 0 Å². The largest absolute Gasteiger partial charge is 0.494 e. The van der Waals surface area contributed by atoms with E-state index in [2.05, 4.69) is 21.3 Å². The number of hydrogen-bond acceptors (Lipinski definition) is 7. The molecule has 2 heterocycles. The first-order chi connectivity index (χ1) is 20.4. The topological polar surface area (TPSA) is 138 Å². The Kier molecular flexibility index (Phi) is 12.8. The maximum atomic E-state index is 13.7. The second-order valence-corrected chi connectivity index (χ2v) is 12.2. The lowest BCUT2D eigenvalue weighted by molar-refractivity contribution is -0.131. The number of nitrogens with one attached hydrogen (secondary N) is 4. The minimum atomic E-state index is -1.05. The maximum absolute atomic E-state index is 13.7. The summed E-state index contributed by atoms with van der Waals surface area (Å²) in [4.78, 5) is 39.4. The van der Waals surface area contributed by atoms with Crippen LogP contribution in [0.5, 0.6) is 5.75 Å². The first-order valence-corrected chi connectivity index (χ1v) is 15.2. The van der Waals surface area contributed by atoms with Gasteiger partial charge in [0.05, 0.1) is 24.8 Å². The number of aliphatic hydroxyl groups excluding tert-OH is 1. The van der Waals surface area contributed by atoms with Gasteiger partial charge >= 0.3 is 6.09 Å². The van der Waals surface area contributed by atoms with E-state index in [4.69, 9.17) is 9.47 Å². The molecule has 2 aromatic carbocycles. The SMILES string of the molecule is CCC(C)[C@@H]1NC(=O)[C@@H](NCC(O)[C@H](Cc2ccccc2)NC(=O)OC(C)(C)C)Cc2ccc(cc2)OCCCNC1=O. The molecule has 43 heavy (non-hydrogen) atoms. The van der Waals surface area contributed by atoms with E-state index in [9.17, 15) is 19.5 Å². The number of hydrogen-bond donors (Lipinski definition) is 5. The van der Waals surface area contributed by atoms with E-state index in [1.807, 2.05) is 68.4 Å².